The highest BCUT2D eigenvalue weighted by molar-refractivity contribution is 6.88. The second-order valence-corrected chi connectivity index (χ2v) is 16.4. The van der Waals surface area contributed by atoms with E-state index in [1.54, 1.807) is 40.4 Å². The minimum atomic E-state index is -2.71. The van der Waals surface area contributed by atoms with Gasteiger partial charge in [0.05, 0.1) is 19.6 Å². The molecule has 2 rings (SSSR count). The number of hydrogen-bond acceptors (Lipinski definition) is 4. The van der Waals surface area contributed by atoms with Crippen LogP contribution in [-0.2, 0) is 21.6 Å². The molecule has 0 spiro atoms. The number of nitrogens with zero attached hydrogens (tertiary/aromatic N) is 2. The fourth-order valence-corrected chi connectivity index (χ4v) is 5.09. The summed E-state index contributed by atoms with van der Waals surface area (Å²) in [4.78, 5) is 21.6. The van der Waals surface area contributed by atoms with Gasteiger partial charge in [0, 0.05) is 28.6 Å². The third-order valence-corrected chi connectivity index (χ3v) is 7.18. The van der Waals surface area contributed by atoms with Crippen LogP contribution in [0.4, 0.5) is 17.6 Å². The van der Waals surface area contributed by atoms with Crippen LogP contribution in [-0.4, -0.2) is 24.0 Å². The van der Waals surface area contributed by atoms with Crippen molar-refractivity contribution in [2.45, 2.75) is 79.1 Å². The van der Waals surface area contributed by atoms with Crippen LogP contribution in [0, 0.1) is 28.7 Å². The Kier molecular flexibility index (Phi) is 7.48. The number of carbonyl (C=O) groups is 1. The van der Waals surface area contributed by atoms with Gasteiger partial charge < -0.3 is 4.74 Å². The molecule has 0 saturated carbocycles. The molecule has 1 atom stereocenters. The lowest BCUT2D eigenvalue weighted by Gasteiger charge is -2.29. The fraction of sp³-hybridized carbons (Fsp3) is 0.542. The number of ether oxygens (including phenoxy) is 1. The van der Waals surface area contributed by atoms with Crippen LogP contribution in [0.1, 0.15) is 64.4 Å². The molecule has 1 unspecified atom stereocenters. The number of esters is 1. The van der Waals surface area contributed by atoms with E-state index in [0.717, 1.165) is 0 Å². The van der Waals surface area contributed by atoms with E-state index < -0.39 is 66.0 Å². The highest BCUT2D eigenvalue weighted by Gasteiger charge is 2.37. The summed E-state index contributed by atoms with van der Waals surface area (Å²) in [5.74, 6) is -7.02. The normalized spacial score (nSPS) is 13.7. The summed E-state index contributed by atoms with van der Waals surface area (Å²) in [5.41, 5.74) is -1.43. The maximum atomic E-state index is 14.6. The van der Waals surface area contributed by atoms with E-state index in [1.165, 1.54) is 12.4 Å². The van der Waals surface area contributed by atoms with Gasteiger partial charge in [0.1, 0.15) is 12.4 Å². The average molecular weight is 485 g/mol. The molecular weight excluding hydrogens is 452 g/mol. The Morgan fingerprint density at radius 2 is 1.36 bits per heavy atom. The number of halogens is 4. The molecule has 0 bridgehead atoms. The van der Waals surface area contributed by atoms with E-state index in [2.05, 4.69) is 9.97 Å². The summed E-state index contributed by atoms with van der Waals surface area (Å²) < 4.78 is 63.6. The van der Waals surface area contributed by atoms with Gasteiger partial charge in [-0.2, -0.15) is 0 Å². The first-order valence-electron chi connectivity index (χ1n) is 10.7. The Morgan fingerprint density at radius 3 is 1.73 bits per heavy atom. The molecule has 0 amide bonds. The SMILES string of the molecule is CC(C)(C)c1ncc(C(C(=O)OCc2c(F)c(F)c([Si](C)(C)C)c(F)c2F)C(C)(C)C)cn1. The molecule has 1 aromatic carbocycles. The van der Waals surface area contributed by atoms with Crippen molar-refractivity contribution in [2.24, 2.45) is 5.41 Å². The van der Waals surface area contributed by atoms with Gasteiger partial charge in [-0.25, -0.2) is 27.5 Å². The van der Waals surface area contributed by atoms with Crippen LogP contribution in [0.15, 0.2) is 12.4 Å². The number of hydrogen-bond donors (Lipinski definition) is 0. The zero-order valence-electron chi connectivity index (χ0n) is 20.7. The standard InChI is InChI=1S/C24H32F4N2O2Si/c1-23(2,3)15(13-10-29-22(30-11-13)24(4,5)6)21(31)32-12-14-16(25)18(27)20(33(7,8)9)19(28)17(14)26/h10-11,15H,12H2,1-9H3. The number of rotatable bonds is 5. The average Bonchev–Trinajstić information content (AvgIpc) is 2.64. The second kappa shape index (κ2) is 9.16. The molecule has 33 heavy (non-hydrogen) atoms. The van der Waals surface area contributed by atoms with Crippen molar-refractivity contribution in [2.75, 3.05) is 0 Å². The number of carbonyl (C=O) groups excluding carboxylic acids is 1. The Bertz CT molecular complexity index is 1010. The van der Waals surface area contributed by atoms with Crippen LogP contribution in [0.25, 0.3) is 0 Å². The molecule has 0 aliphatic carbocycles. The lowest BCUT2D eigenvalue weighted by molar-refractivity contribution is -0.149. The van der Waals surface area contributed by atoms with Gasteiger partial charge in [-0.3, -0.25) is 4.79 Å². The fourth-order valence-electron chi connectivity index (χ4n) is 3.55. The van der Waals surface area contributed by atoms with Gasteiger partial charge in [0.2, 0.25) is 0 Å². The maximum absolute atomic E-state index is 14.6. The van der Waals surface area contributed by atoms with Crippen molar-refractivity contribution in [3.05, 3.63) is 52.6 Å². The Balaban J connectivity index is 2.38. The number of benzene rings is 1. The van der Waals surface area contributed by atoms with Crippen molar-refractivity contribution >= 4 is 19.2 Å². The molecule has 0 radical (unpaired) electrons. The quantitative estimate of drug-likeness (QED) is 0.235. The lowest BCUT2D eigenvalue weighted by atomic mass is 9.77. The molecular formula is C24H32F4N2O2Si. The van der Waals surface area contributed by atoms with Crippen LogP contribution in [0.2, 0.25) is 19.6 Å². The summed E-state index contributed by atoms with van der Waals surface area (Å²) in [5, 5.41) is -0.559. The van der Waals surface area contributed by atoms with Crippen molar-refractivity contribution in [3.63, 3.8) is 0 Å². The van der Waals surface area contributed by atoms with Gasteiger partial charge in [-0.15, -0.1) is 0 Å². The summed E-state index contributed by atoms with van der Waals surface area (Å²) in [6, 6.07) is 0. The van der Waals surface area contributed by atoms with Gasteiger partial charge >= 0.3 is 5.97 Å². The molecule has 0 aliphatic heterocycles. The monoisotopic (exact) mass is 484 g/mol. The predicted molar refractivity (Wildman–Crippen MR) is 122 cm³/mol. The second-order valence-electron chi connectivity index (χ2n) is 11.4. The van der Waals surface area contributed by atoms with Crippen LogP contribution in [0.3, 0.4) is 0 Å². The summed E-state index contributed by atoms with van der Waals surface area (Å²) >= 11 is 0. The first-order chi connectivity index (χ1) is 14.9. The highest BCUT2D eigenvalue weighted by atomic mass is 28.3. The lowest BCUT2D eigenvalue weighted by Crippen LogP contribution is -2.44. The van der Waals surface area contributed by atoms with E-state index in [4.69, 9.17) is 4.74 Å². The molecule has 4 nitrogen and oxygen atoms in total. The van der Waals surface area contributed by atoms with E-state index in [1.807, 2.05) is 20.8 Å². The van der Waals surface area contributed by atoms with Crippen molar-refractivity contribution in [1.82, 2.24) is 9.97 Å². The van der Waals surface area contributed by atoms with E-state index in [9.17, 15) is 22.4 Å². The molecule has 0 N–H and O–H groups in total. The predicted octanol–water partition coefficient (Wildman–Crippen LogP) is 5.75. The van der Waals surface area contributed by atoms with Gasteiger partial charge in [-0.05, 0) is 5.41 Å². The Morgan fingerprint density at radius 1 is 0.909 bits per heavy atom. The maximum Gasteiger partial charge on any atom is 0.314 e. The molecule has 182 valence electrons. The zero-order chi connectivity index (χ0) is 25.5. The third-order valence-electron chi connectivity index (χ3n) is 5.24. The first kappa shape index (κ1) is 27.0. The molecule has 1 aromatic heterocycles. The van der Waals surface area contributed by atoms with Crippen molar-refractivity contribution < 1.29 is 27.1 Å². The zero-order valence-corrected chi connectivity index (χ0v) is 21.7. The topological polar surface area (TPSA) is 52.1 Å². The first-order valence-corrected chi connectivity index (χ1v) is 14.2. The summed E-state index contributed by atoms with van der Waals surface area (Å²) in [7, 11) is -2.71. The van der Waals surface area contributed by atoms with Gasteiger partial charge in [0.15, 0.2) is 23.3 Å². The minimum absolute atomic E-state index is 0.290. The van der Waals surface area contributed by atoms with Crippen LogP contribution < -0.4 is 5.19 Å². The van der Waals surface area contributed by atoms with Crippen molar-refractivity contribution in [1.29, 1.82) is 0 Å². The molecule has 1 heterocycles. The van der Waals surface area contributed by atoms with Crippen LogP contribution >= 0.6 is 0 Å². The summed E-state index contributed by atoms with van der Waals surface area (Å²) in [6.45, 7) is 15.0. The third kappa shape index (κ3) is 5.80. The largest absolute Gasteiger partial charge is 0.460 e. The molecule has 2 aromatic rings. The van der Waals surface area contributed by atoms with Gasteiger partial charge in [0.25, 0.3) is 0 Å². The molecule has 0 aliphatic rings. The van der Waals surface area contributed by atoms with Crippen molar-refractivity contribution in [3.8, 4) is 0 Å². The minimum Gasteiger partial charge on any atom is -0.460 e. The van der Waals surface area contributed by atoms with E-state index in [0.29, 0.717) is 11.4 Å². The van der Waals surface area contributed by atoms with Crippen LogP contribution in [0.5, 0.6) is 0 Å². The number of aromatic nitrogens is 2. The Labute approximate surface area is 193 Å². The van der Waals surface area contributed by atoms with Gasteiger partial charge in [-0.1, -0.05) is 61.2 Å². The molecule has 9 heteroatoms. The molecule has 0 fully saturated rings. The van der Waals surface area contributed by atoms with E-state index >= 15 is 0 Å². The molecule has 0 saturated heterocycles. The smallest absolute Gasteiger partial charge is 0.314 e. The summed E-state index contributed by atoms with van der Waals surface area (Å²) in [6.07, 6.45) is 3.04. The highest BCUT2D eigenvalue weighted by Crippen LogP contribution is 2.36. The Hall–Kier alpha value is -2.29. The van der Waals surface area contributed by atoms with E-state index in [-0.39, 0.29) is 5.41 Å².